The van der Waals surface area contributed by atoms with Gasteiger partial charge in [0.25, 0.3) is 0 Å². The fourth-order valence-corrected chi connectivity index (χ4v) is 2.53. The van der Waals surface area contributed by atoms with Crippen LogP contribution < -0.4 is 4.74 Å². The Kier molecular flexibility index (Phi) is 2.75. The molecule has 1 saturated heterocycles. The second-order valence-corrected chi connectivity index (χ2v) is 5.52. The summed E-state index contributed by atoms with van der Waals surface area (Å²) in [6, 6.07) is 14.5. The Hall–Kier alpha value is -1.54. The van der Waals surface area contributed by atoms with Crippen molar-refractivity contribution in [2.45, 2.75) is 32.0 Å². The van der Waals surface area contributed by atoms with Crippen molar-refractivity contribution in [3.05, 3.63) is 42.5 Å². The van der Waals surface area contributed by atoms with E-state index in [9.17, 15) is 0 Å². The van der Waals surface area contributed by atoms with E-state index in [-0.39, 0.29) is 11.7 Å². The van der Waals surface area contributed by atoms with Crippen LogP contribution in [0.4, 0.5) is 0 Å². The number of ether oxygens (including phenoxy) is 2. The Labute approximate surface area is 108 Å². The first kappa shape index (κ1) is 11.5. The van der Waals surface area contributed by atoms with E-state index in [1.165, 1.54) is 10.8 Å². The highest BCUT2D eigenvalue weighted by atomic mass is 16.6. The second kappa shape index (κ2) is 4.29. The van der Waals surface area contributed by atoms with E-state index in [2.05, 4.69) is 38.1 Å². The van der Waals surface area contributed by atoms with Crippen molar-refractivity contribution < 1.29 is 9.47 Å². The summed E-state index contributed by atoms with van der Waals surface area (Å²) in [4.78, 5) is 0. The fourth-order valence-electron chi connectivity index (χ4n) is 2.53. The zero-order valence-electron chi connectivity index (χ0n) is 10.8. The Morgan fingerprint density at radius 3 is 2.61 bits per heavy atom. The maximum Gasteiger partial charge on any atom is 0.120 e. The van der Waals surface area contributed by atoms with E-state index in [0.29, 0.717) is 6.61 Å². The highest BCUT2D eigenvalue weighted by Gasteiger charge is 2.37. The molecule has 2 nitrogen and oxygen atoms in total. The monoisotopic (exact) mass is 242 g/mol. The molecule has 94 valence electrons. The van der Waals surface area contributed by atoms with Crippen LogP contribution in [0.1, 0.15) is 20.3 Å². The normalized spacial score (nSPS) is 21.6. The van der Waals surface area contributed by atoms with Crippen LogP contribution in [-0.2, 0) is 4.74 Å². The van der Waals surface area contributed by atoms with E-state index in [4.69, 9.17) is 9.47 Å². The average Bonchev–Trinajstić information content (AvgIpc) is 2.33. The Morgan fingerprint density at radius 1 is 1.17 bits per heavy atom. The van der Waals surface area contributed by atoms with Gasteiger partial charge < -0.3 is 9.47 Å². The first-order valence-corrected chi connectivity index (χ1v) is 6.42. The van der Waals surface area contributed by atoms with Crippen molar-refractivity contribution in [2.75, 3.05) is 6.61 Å². The molecule has 0 aromatic heterocycles. The molecule has 1 atom stereocenters. The molecule has 0 aliphatic carbocycles. The van der Waals surface area contributed by atoms with Gasteiger partial charge in [-0.25, -0.2) is 0 Å². The van der Waals surface area contributed by atoms with Gasteiger partial charge in [0, 0.05) is 6.42 Å². The molecule has 1 unspecified atom stereocenters. The summed E-state index contributed by atoms with van der Waals surface area (Å²) in [5, 5.41) is 2.45. The molecule has 0 radical (unpaired) electrons. The molecular formula is C16H18O2. The smallest absolute Gasteiger partial charge is 0.120 e. The van der Waals surface area contributed by atoms with Gasteiger partial charge in [0.05, 0.1) is 11.7 Å². The molecule has 0 amide bonds. The van der Waals surface area contributed by atoms with Crippen molar-refractivity contribution in [1.82, 2.24) is 0 Å². The Morgan fingerprint density at radius 2 is 1.89 bits per heavy atom. The minimum atomic E-state index is 0.0391. The maximum atomic E-state index is 5.79. The summed E-state index contributed by atoms with van der Waals surface area (Å²) < 4.78 is 11.5. The molecule has 2 heteroatoms. The third kappa shape index (κ3) is 2.34. The molecule has 1 heterocycles. The van der Waals surface area contributed by atoms with Crippen molar-refractivity contribution in [2.24, 2.45) is 0 Å². The molecule has 1 fully saturated rings. The number of rotatable bonds is 3. The van der Waals surface area contributed by atoms with Crippen LogP contribution >= 0.6 is 0 Å². The summed E-state index contributed by atoms with van der Waals surface area (Å²) >= 11 is 0. The summed E-state index contributed by atoms with van der Waals surface area (Å²) in [6.07, 6.45) is 1.31. The Balaban J connectivity index is 1.65. The van der Waals surface area contributed by atoms with Gasteiger partial charge in [0.1, 0.15) is 12.4 Å². The molecule has 0 bridgehead atoms. The van der Waals surface area contributed by atoms with Crippen molar-refractivity contribution in [3.63, 3.8) is 0 Å². The van der Waals surface area contributed by atoms with Gasteiger partial charge in [-0.15, -0.1) is 0 Å². The Bertz CT molecular complexity index is 552. The minimum Gasteiger partial charge on any atom is -0.491 e. The maximum absolute atomic E-state index is 5.79. The second-order valence-electron chi connectivity index (χ2n) is 5.52. The van der Waals surface area contributed by atoms with Crippen LogP contribution in [-0.4, -0.2) is 18.3 Å². The van der Waals surface area contributed by atoms with E-state index >= 15 is 0 Å². The highest BCUT2D eigenvalue weighted by molar-refractivity contribution is 5.83. The van der Waals surface area contributed by atoms with Crippen molar-refractivity contribution >= 4 is 10.8 Å². The van der Waals surface area contributed by atoms with E-state index in [1.807, 2.05) is 18.2 Å². The summed E-state index contributed by atoms with van der Waals surface area (Å²) in [5.41, 5.74) is 0.0391. The minimum absolute atomic E-state index is 0.0391. The first-order chi connectivity index (χ1) is 8.62. The summed E-state index contributed by atoms with van der Waals surface area (Å²) in [5.74, 6) is 0.919. The van der Waals surface area contributed by atoms with Gasteiger partial charge in [-0.3, -0.25) is 0 Å². The zero-order valence-corrected chi connectivity index (χ0v) is 10.8. The molecule has 3 rings (SSSR count). The fraction of sp³-hybridized carbons (Fsp3) is 0.375. The van der Waals surface area contributed by atoms with Gasteiger partial charge in [-0.05, 0) is 36.8 Å². The van der Waals surface area contributed by atoms with Gasteiger partial charge in [0.15, 0.2) is 0 Å². The lowest BCUT2D eigenvalue weighted by Crippen LogP contribution is -2.48. The van der Waals surface area contributed by atoms with Gasteiger partial charge in [0.2, 0.25) is 0 Å². The van der Waals surface area contributed by atoms with Gasteiger partial charge >= 0.3 is 0 Å². The number of hydrogen-bond donors (Lipinski definition) is 0. The average molecular weight is 242 g/mol. The molecular weight excluding hydrogens is 224 g/mol. The molecule has 1 aliphatic heterocycles. The third-order valence-corrected chi connectivity index (χ3v) is 3.36. The molecule has 18 heavy (non-hydrogen) atoms. The predicted octanol–water partition coefficient (Wildman–Crippen LogP) is 3.79. The number of fused-ring (bicyclic) bond motifs is 1. The largest absolute Gasteiger partial charge is 0.491 e. The standard InChI is InChI=1S/C16H18O2/c1-16(2)10-15(18-16)11-17-14-8-7-12-5-3-4-6-13(12)9-14/h3-9,15H,10-11H2,1-2H3. The lowest BCUT2D eigenvalue weighted by atomic mass is 9.94. The molecule has 1 aliphatic rings. The lowest BCUT2D eigenvalue weighted by molar-refractivity contribution is -0.194. The molecule has 2 aromatic carbocycles. The van der Waals surface area contributed by atoms with Crippen LogP contribution in [0, 0.1) is 0 Å². The van der Waals surface area contributed by atoms with Crippen LogP contribution in [0.3, 0.4) is 0 Å². The van der Waals surface area contributed by atoms with E-state index in [1.54, 1.807) is 0 Å². The lowest BCUT2D eigenvalue weighted by Gasteiger charge is -2.42. The van der Waals surface area contributed by atoms with Gasteiger partial charge in [-0.2, -0.15) is 0 Å². The van der Waals surface area contributed by atoms with Crippen molar-refractivity contribution in [3.8, 4) is 5.75 Å². The third-order valence-electron chi connectivity index (χ3n) is 3.36. The first-order valence-electron chi connectivity index (χ1n) is 6.42. The number of hydrogen-bond acceptors (Lipinski definition) is 2. The van der Waals surface area contributed by atoms with Crippen molar-refractivity contribution in [1.29, 1.82) is 0 Å². The summed E-state index contributed by atoms with van der Waals surface area (Å²) in [7, 11) is 0. The quantitative estimate of drug-likeness (QED) is 0.815. The van der Waals surface area contributed by atoms with Crippen LogP contribution in [0.25, 0.3) is 10.8 Å². The van der Waals surface area contributed by atoms with Crippen LogP contribution in [0.15, 0.2) is 42.5 Å². The summed E-state index contributed by atoms with van der Waals surface area (Å²) in [6.45, 7) is 4.86. The highest BCUT2D eigenvalue weighted by Crippen LogP contribution is 2.32. The molecule has 0 saturated carbocycles. The van der Waals surface area contributed by atoms with E-state index in [0.717, 1.165) is 12.2 Å². The molecule has 2 aromatic rings. The van der Waals surface area contributed by atoms with Crippen LogP contribution in [0.2, 0.25) is 0 Å². The van der Waals surface area contributed by atoms with Gasteiger partial charge in [-0.1, -0.05) is 30.3 Å². The molecule has 0 N–H and O–H groups in total. The topological polar surface area (TPSA) is 18.5 Å². The zero-order chi connectivity index (χ0) is 12.6. The number of benzene rings is 2. The predicted molar refractivity (Wildman–Crippen MR) is 73.0 cm³/mol. The SMILES string of the molecule is CC1(C)CC(COc2ccc3ccccc3c2)O1. The van der Waals surface area contributed by atoms with E-state index < -0.39 is 0 Å². The van der Waals surface area contributed by atoms with Crippen LogP contribution in [0.5, 0.6) is 5.75 Å². The molecule has 0 spiro atoms.